The highest BCUT2D eigenvalue weighted by Gasteiger charge is 2.33. The summed E-state index contributed by atoms with van der Waals surface area (Å²) >= 11 is 0. The highest BCUT2D eigenvalue weighted by Crippen LogP contribution is 2.26. The molecule has 0 spiro atoms. The topological polar surface area (TPSA) is 41.1 Å². The molecule has 0 unspecified atom stereocenters. The van der Waals surface area contributed by atoms with Crippen molar-refractivity contribution in [2.45, 2.75) is 39.7 Å². The number of amides is 1. The van der Waals surface area contributed by atoms with Crippen LogP contribution in [0.1, 0.15) is 37.8 Å². The number of carbonyl (C=O) groups is 1. The molecule has 19 heavy (non-hydrogen) atoms. The van der Waals surface area contributed by atoms with E-state index >= 15 is 0 Å². The summed E-state index contributed by atoms with van der Waals surface area (Å²) in [4.78, 5) is 12.1. The lowest BCUT2D eigenvalue weighted by Crippen LogP contribution is -2.44. The van der Waals surface area contributed by atoms with Crippen molar-refractivity contribution in [1.29, 1.82) is 0 Å². The van der Waals surface area contributed by atoms with Crippen molar-refractivity contribution in [1.82, 2.24) is 10.6 Å². The van der Waals surface area contributed by atoms with Gasteiger partial charge in [0.15, 0.2) is 0 Å². The van der Waals surface area contributed by atoms with Crippen molar-refractivity contribution in [2.24, 2.45) is 5.41 Å². The maximum absolute atomic E-state index is 12.1. The van der Waals surface area contributed by atoms with Crippen molar-refractivity contribution < 1.29 is 4.79 Å². The fourth-order valence-electron chi connectivity index (χ4n) is 2.54. The standard InChI is InChI=1S/C16H24N2O/c1-11-7-5-6-8-12(11)13-9-17-10-14(13)18-15(19)16(2,3)4/h5-8,13-14,17H,9-10H2,1-4H3,(H,18,19)/t13-,14+/m0/s1. The molecular weight excluding hydrogens is 236 g/mol. The maximum atomic E-state index is 12.1. The van der Waals surface area contributed by atoms with E-state index in [1.165, 1.54) is 11.1 Å². The average Bonchev–Trinajstić information content (AvgIpc) is 2.76. The van der Waals surface area contributed by atoms with Crippen molar-refractivity contribution in [3.05, 3.63) is 35.4 Å². The Labute approximate surface area is 115 Å². The first-order valence-electron chi connectivity index (χ1n) is 6.97. The number of hydrogen-bond acceptors (Lipinski definition) is 2. The largest absolute Gasteiger partial charge is 0.351 e. The third-order valence-electron chi connectivity index (χ3n) is 3.80. The lowest BCUT2D eigenvalue weighted by Gasteiger charge is -2.26. The monoisotopic (exact) mass is 260 g/mol. The second-order valence-electron chi connectivity index (χ2n) is 6.45. The first-order chi connectivity index (χ1) is 8.89. The third-order valence-corrected chi connectivity index (χ3v) is 3.80. The van der Waals surface area contributed by atoms with E-state index in [0.29, 0.717) is 5.92 Å². The maximum Gasteiger partial charge on any atom is 0.225 e. The molecule has 0 radical (unpaired) electrons. The van der Waals surface area contributed by atoms with Crippen molar-refractivity contribution in [2.75, 3.05) is 13.1 Å². The Balaban J connectivity index is 2.14. The minimum absolute atomic E-state index is 0.125. The molecule has 1 aliphatic rings. The number of aryl methyl sites for hydroxylation is 1. The van der Waals surface area contributed by atoms with E-state index in [0.717, 1.165) is 13.1 Å². The van der Waals surface area contributed by atoms with Gasteiger partial charge < -0.3 is 10.6 Å². The van der Waals surface area contributed by atoms with E-state index in [1.54, 1.807) is 0 Å². The predicted molar refractivity (Wildman–Crippen MR) is 78.2 cm³/mol. The molecule has 0 aromatic heterocycles. The number of rotatable bonds is 2. The Morgan fingerprint density at radius 3 is 2.58 bits per heavy atom. The third kappa shape index (κ3) is 3.16. The lowest BCUT2D eigenvalue weighted by molar-refractivity contribution is -0.129. The second-order valence-corrected chi connectivity index (χ2v) is 6.45. The summed E-state index contributed by atoms with van der Waals surface area (Å²) in [6, 6.07) is 8.63. The van der Waals surface area contributed by atoms with Gasteiger partial charge in [0, 0.05) is 30.5 Å². The van der Waals surface area contributed by atoms with E-state index in [-0.39, 0.29) is 17.4 Å². The van der Waals surface area contributed by atoms with E-state index in [2.05, 4.69) is 41.8 Å². The quantitative estimate of drug-likeness (QED) is 0.856. The van der Waals surface area contributed by atoms with Crippen LogP contribution in [0.4, 0.5) is 0 Å². The molecule has 1 saturated heterocycles. The minimum Gasteiger partial charge on any atom is -0.351 e. The SMILES string of the molecule is Cc1ccccc1[C@@H]1CNC[C@H]1NC(=O)C(C)(C)C. The first-order valence-corrected chi connectivity index (χ1v) is 6.97. The molecule has 1 aromatic rings. The van der Waals surface area contributed by atoms with Crippen LogP contribution in [0.2, 0.25) is 0 Å². The molecule has 1 amide bonds. The van der Waals surface area contributed by atoms with E-state index in [9.17, 15) is 4.79 Å². The smallest absolute Gasteiger partial charge is 0.225 e. The molecule has 2 rings (SSSR count). The molecule has 2 atom stereocenters. The fourth-order valence-corrected chi connectivity index (χ4v) is 2.54. The van der Waals surface area contributed by atoms with Crippen LogP contribution in [0.3, 0.4) is 0 Å². The van der Waals surface area contributed by atoms with Crippen LogP contribution in [0.25, 0.3) is 0 Å². The Bertz CT molecular complexity index is 462. The molecule has 2 N–H and O–H groups in total. The molecule has 0 aliphatic carbocycles. The Hall–Kier alpha value is -1.35. The van der Waals surface area contributed by atoms with Gasteiger partial charge >= 0.3 is 0 Å². The number of nitrogens with one attached hydrogen (secondary N) is 2. The zero-order valence-electron chi connectivity index (χ0n) is 12.3. The summed E-state index contributed by atoms with van der Waals surface area (Å²) in [5, 5.41) is 6.58. The Morgan fingerprint density at radius 2 is 1.95 bits per heavy atom. The highest BCUT2D eigenvalue weighted by atomic mass is 16.2. The van der Waals surface area contributed by atoms with Gasteiger partial charge in [0.2, 0.25) is 5.91 Å². The van der Waals surface area contributed by atoms with Crippen LogP contribution in [0, 0.1) is 12.3 Å². The van der Waals surface area contributed by atoms with Crippen molar-refractivity contribution in [3.8, 4) is 0 Å². The van der Waals surface area contributed by atoms with Gasteiger partial charge in [-0.05, 0) is 18.1 Å². The van der Waals surface area contributed by atoms with Gasteiger partial charge in [-0.3, -0.25) is 4.79 Å². The van der Waals surface area contributed by atoms with E-state index in [1.807, 2.05) is 20.8 Å². The molecule has 1 aliphatic heterocycles. The van der Waals surface area contributed by atoms with E-state index < -0.39 is 0 Å². The second kappa shape index (κ2) is 5.33. The highest BCUT2D eigenvalue weighted by molar-refractivity contribution is 5.81. The predicted octanol–water partition coefficient (Wildman–Crippen LogP) is 2.21. The van der Waals surface area contributed by atoms with Crippen LogP contribution < -0.4 is 10.6 Å². The summed E-state index contributed by atoms with van der Waals surface area (Å²) in [5.41, 5.74) is 2.30. The van der Waals surface area contributed by atoms with Crippen LogP contribution in [0.15, 0.2) is 24.3 Å². The normalized spacial score (nSPS) is 23.4. The minimum atomic E-state index is -0.334. The molecule has 0 saturated carbocycles. The first kappa shape index (κ1) is 14.1. The molecule has 1 fully saturated rings. The van der Waals surface area contributed by atoms with Crippen LogP contribution >= 0.6 is 0 Å². The number of carbonyl (C=O) groups excluding carboxylic acids is 1. The van der Waals surface area contributed by atoms with E-state index in [4.69, 9.17) is 0 Å². The average molecular weight is 260 g/mol. The Kier molecular flexibility index (Phi) is 3.95. The Morgan fingerprint density at radius 1 is 1.26 bits per heavy atom. The zero-order chi connectivity index (χ0) is 14.0. The van der Waals surface area contributed by atoms with Gasteiger partial charge in [-0.15, -0.1) is 0 Å². The molecule has 0 bridgehead atoms. The lowest BCUT2D eigenvalue weighted by atomic mass is 9.89. The van der Waals surface area contributed by atoms with Crippen LogP contribution in [-0.4, -0.2) is 25.0 Å². The zero-order valence-corrected chi connectivity index (χ0v) is 12.3. The summed E-state index contributed by atoms with van der Waals surface area (Å²) in [7, 11) is 0. The summed E-state index contributed by atoms with van der Waals surface area (Å²) in [5.74, 6) is 0.493. The molecular formula is C16H24N2O. The molecule has 3 heteroatoms. The number of benzene rings is 1. The number of hydrogen-bond donors (Lipinski definition) is 2. The molecule has 104 valence electrons. The molecule has 3 nitrogen and oxygen atoms in total. The summed E-state index contributed by atoms with van der Waals surface area (Å²) in [6.07, 6.45) is 0. The van der Waals surface area contributed by atoms with Crippen LogP contribution in [0.5, 0.6) is 0 Å². The fraction of sp³-hybridized carbons (Fsp3) is 0.562. The van der Waals surface area contributed by atoms with Gasteiger partial charge in [-0.1, -0.05) is 45.0 Å². The summed E-state index contributed by atoms with van der Waals surface area (Å²) in [6.45, 7) is 9.77. The molecule has 1 heterocycles. The van der Waals surface area contributed by atoms with Gasteiger partial charge in [0.25, 0.3) is 0 Å². The van der Waals surface area contributed by atoms with Gasteiger partial charge in [-0.25, -0.2) is 0 Å². The van der Waals surface area contributed by atoms with Gasteiger partial charge in [0.05, 0.1) is 0 Å². The van der Waals surface area contributed by atoms with Gasteiger partial charge in [-0.2, -0.15) is 0 Å². The summed E-state index contributed by atoms with van der Waals surface area (Å²) < 4.78 is 0. The molecule has 1 aromatic carbocycles. The van der Waals surface area contributed by atoms with Crippen LogP contribution in [-0.2, 0) is 4.79 Å². The van der Waals surface area contributed by atoms with Crippen molar-refractivity contribution in [3.63, 3.8) is 0 Å². The van der Waals surface area contributed by atoms with Crippen molar-refractivity contribution >= 4 is 5.91 Å². The van der Waals surface area contributed by atoms with Gasteiger partial charge in [0.1, 0.15) is 0 Å².